The van der Waals surface area contributed by atoms with E-state index in [0.29, 0.717) is 5.56 Å². The van der Waals surface area contributed by atoms with E-state index < -0.39 is 11.6 Å². The van der Waals surface area contributed by atoms with Gasteiger partial charge in [0.15, 0.2) is 0 Å². The standard InChI is InChI=1S/C14H17BrF2/c1-14(7-3-2-4-8-14)13(15)11-6-5-10(16)9-12(11)17/h5-6,9,13H,2-4,7-8H2,1H3. The highest BCUT2D eigenvalue weighted by atomic mass is 79.9. The maximum atomic E-state index is 13.8. The molecule has 0 heterocycles. The number of halogens is 3. The lowest BCUT2D eigenvalue weighted by atomic mass is 9.72. The first-order valence-corrected chi connectivity index (χ1v) is 7.03. The van der Waals surface area contributed by atoms with Crippen LogP contribution in [-0.2, 0) is 0 Å². The fraction of sp³-hybridized carbons (Fsp3) is 0.571. The predicted octanol–water partition coefficient (Wildman–Crippen LogP) is 5.37. The first kappa shape index (κ1) is 13.0. The summed E-state index contributed by atoms with van der Waals surface area (Å²) in [6.45, 7) is 2.19. The minimum atomic E-state index is -0.514. The summed E-state index contributed by atoms with van der Waals surface area (Å²) in [5.41, 5.74) is 0.660. The molecule has 1 fully saturated rings. The molecule has 1 aliphatic rings. The molecule has 0 spiro atoms. The molecule has 1 saturated carbocycles. The maximum absolute atomic E-state index is 13.8. The van der Waals surface area contributed by atoms with Crippen molar-refractivity contribution in [1.29, 1.82) is 0 Å². The maximum Gasteiger partial charge on any atom is 0.130 e. The van der Waals surface area contributed by atoms with Crippen molar-refractivity contribution in [3.63, 3.8) is 0 Å². The zero-order chi connectivity index (χ0) is 12.5. The van der Waals surface area contributed by atoms with E-state index in [-0.39, 0.29) is 10.2 Å². The van der Waals surface area contributed by atoms with Gasteiger partial charge in [0.2, 0.25) is 0 Å². The highest BCUT2D eigenvalue weighted by molar-refractivity contribution is 9.09. The Labute approximate surface area is 110 Å². The van der Waals surface area contributed by atoms with E-state index in [0.717, 1.165) is 18.9 Å². The molecule has 1 atom stereocenters. The third-order valence-corrected chi connectivity index (χ3v) is 5.44. The Hall–Kier alpha value is -0.440. The minimum absolute atomic E-state index is 0.0316. The van der Waals surface area contributed by atoms with Crippen molar-refractivity contribution in [2.45, 2.75) is 43.9 Å². The predicted molar refractivity (Wildman–Crippen MR) is 69.2 cm³/mol. The molecular weight excluding hydrogens is 286 g/mol. The van der Waals surface area contributed by atoms with Crippen LogP contribution in [-0.4, -0.2) is 0 Å². The summed E-state index contributed by atoms with van der Waals surface area (Å²) in [4.78, 5) is -0.0316. The van der Waals surface area contributed by atoms with E-state index in [9.17, 15) is 8.78 Å². The largest absolute Gasteiger partial charge is 0.207 e. The summed E-state index contributed by atoms with van der Waals surface area (Å²) >= 11 is 3.62. The lowest BCUT2D eigenvalue weighted by Gasteiger charge is -2.38. The lowest BCUT2D eigenvalue weighted by molar-refractivity contribution is 0.210. The molecule has 0 bridgehead atoms. The fourth-order valence-corrected chi connectivity index (χ4v) is 3.52. The summed E-state index contributed by atoms with van der Waals surface area (Å²) in [6.07, 6.45) is 5.85. The molecule has 0 radical (unpaired) electrons. The summed E-state index contributed by atoms with van der Waals surface area (Å²) in [5.74, 6) is -0.960. The Bertz CT molecular complexity index is 397. The Kier molecular flexibility index (Phi) is 3.86. The van der Waals surface area contributed by atoms with Crippen LogP contribution in [0.3, 0.4) is 0 Å². The number of benzene rings is 1. The molecule has 1 aromatic carbocycles. The average Bonchev–Trinajstić information content (AvgIpc) is 2.29. The normalized spacial score (nSPS) is 21.2. The molecular formula is C14H17BrF2. The van der Waals surface area contributed by atoms with Crippen LogP contribution in [0.4, 0.5) is 8.78 Å². The van der Waals surface area contributed by atoms with Crippen molar-refractivity contribution in [3.8, 4) is 0 Å². The van der Waals surface area contributed by atoms with Crippen molar-refractivity contribution in [2.75, 3.05) is 0 Å². The van der Waals surface area contributed by atoms with E-state index >= 15 is 0 Å². The fourth-order valence-electron chi connectivity index (χ4n) is 2.70. The number of alkyl halides is 1. The van der Waals surface area contributed by atoms with E-state index in [1.54, 1.807) is 6.07 Å². The monoisotopic (exact) mass is 302 g/mol. The molecule has 0 amide bonds. The van der Waals surface area contributed by atoms with Crippen molar-refractivity contribution in [2.24, 2.45) is 5.41 Å². The summed E-state index contributed by atoms with van der Waals surface area (Å²) < 4.78 is 26.6. The highest BCUT2D eigenvalue weighted by Crippen LogP contribution is 2.50. The van der Waals surface area contributed by atoms with Crippen LogP contribution in [0.5, 0.6) is 0 Å². The van der Waals surface area contributed by atoms with Crippen LogP contribution < -0.4 is 0 Å². The third kappa shape index (κ3) is 2.70. The molecule has 0 aromatic heterocycles. The van der Waals surface area contributed by atoms with E-state index in [1.165, 1.54) is 25.3 Å². The Balaban J connectivity index is 2.26. The van der Waals surface area contributed by atoms with Crippen LogP contribution >= 0.6 is 15.9 Å². The number of hydrogen-bond donors (Lipinski definition) is 0. The van der Waals surface area contributed by atoms with Crippen LogP contribution in [0.25, 0.3) is 0 Å². The molecule has 94 valence electrons. The zero-order valence-electron chi connectivity index (χ0n) is 9.98. The van der Waals surface area contributed by atoms with Gasteiger partial charge in [0.25, 0.3) is 0 Å². The van der Waals surface area contributed by atoms with Gasteiger partial charge in [-0.1, -0.05) is 48.2 Å². The second kappa shape index (κ2) is 5.05. The number of hydrogen-bond acceptors (Lipinski definition) is 0. The molecule has 0 aliphatic heterocycles. The van der Waals surface area contributed by atoms with Gasteiger partial charge in [-0.05, 0) is 24.3 Å². The van der Waals surface area contributed by atoms with E-state index in [2.05, 4.69) is 22.9 Å². The average molecular weight is 303 g/mol. The van der Waals surface area contributed by atoms with Crippen LogP contribution in [0.15, 0.2) is 18.2 Å². The molecule has 2 rings (SSSR count). The van der Waals surface area contributed by atoms with Crippen LogP contribution in [0.2, 0.25) is 0 Å². The van der Waals surface area contributed by atoms with E-state index in [4.69, 9.17) is 0 Å². The van der Waals surface area contributed by atoms with Gasteiger partial charge >= 0.3 is 0 Å². The first-order valence-electron chi connectivity index (χ1n) is 6.12. The quantitative estimate of drug-likeness (QED) is 0.644. The molecule has 17 heavy (non-hydrogen) atoms. The summed E-state index contributed by atoms with van der Waals surface area (Å²) in [5, 5.41) is 0. The molecule has 0 nitrogen and oxygen atoms in total. The van der Waals surface area contributed by atoms with Gasteiger partial charge in [-0.25, -0.2) is 8.78 Å². The Morgan fingerprint density at radius 3 is 2.41 bits per heavy atom. The minimum Gasteiger partial charge on any atom is -0.207 e. The molecule has 0 N–H and O–H groups in total. The molecule has 3 heteroatoms. The molecule has 1 unspecified atom stereocenters. The van der Waals surface area contributed by atoms with Crippen molar-refractivity contribution in [1.82, 2.24) is 0 Å². The number of rotatable bonds is 2. The van der Waals surface area contributed by atoms with Gasteiger partial charge in [-0.2, -0.15) is 0 Å². The van der Waals surface area contributed by atoms with Gasteiger partial charge in [0.05, 0.1) is 0 Å². The lowest BCUT2D eigenvalue weighted by Crippen LogP contribution is -2.25. The smallest absolute Gasteiger partial charge is 0.130 e. The zero-order valence-corrected chi connectivity index (χ0v) is 11.6. The van der Waals surface area contributed by atoms with Crippen molar-refractivity contribution in [3.05, 3.63) is 35.4 Å². The van der Waals surface area contributed by atoms with Gasteiger partial charge < -0.3 is 0 Å². The van der Waals surface area contributed by atoms with Crippen LogP contribution in [0, 0.1) is 17.0 Å². The molecule has 1 aromatic rings. The summed E-state index contributed by atoms with van der Waals surface area (Å²) in [6, 6.07) is 3.86. The van der Waals surface area contributed by atoms with Crippen LogP contribution in [0.1, 0.15) is 49.4 Å². The molecule has 1 aliphatic carbocycles. The second-order valence-electron chi connectivity index (χ2n) is 5.24. The first-order chi connectivity index (χ1) is 8.03. The topological polar surface area (TPSA) is 0 Å². The van der Waals surface area contributed by atoms with Gasteiger partial charge in [0, 0.05) is 16.5 Å². The van der Waals surface area contributed by atoms with Gasteiger partial charge in [-0.15, -0.1) is 0 Å². The molecule has 0 saturated heterocycles. The van der Waals surface area contributed by atoms with Crippen molar-refractivity contribution >= 4 is 15.9 Å². The van der Waals surface area contributed by atoms with Gasteiger partial charge in [0.1, 0.15) is 11.6 Å². The second-order valence-corrected chi connectivity index (χ2v) is 6.16. The Morgan fingerprint density at radius 2 is 1.82 bits per heavy atom. The summed E-state index contributed by atoms with van der Waals surface area (Å²) in [7, 11) is 0. The van der Waals surface area contributed by atoms with E-state index in [1.807, 2.05) is 0 Å². The SMILES string of the molecule is CC1(C(Br)c2ccc(F)cc2F)CCCCC1. The third-order valence-electron chi connectivity index (χ3n) is 3.84. The highest BCUT2D eigenvalue weighted by Gasteiger charge is 2.36. The van der Waals surface area contributed by atoms with Crippen molar-refractivity contribution < 1.29 is 8.78 Å². The van der Waals surface area contributed by atoms with Gasteiger partial charge in [-0.3, -0.25) is 0 Å². The Morgan fingerprint density at radius 1 is 1.18 bits per heavy atom.